The third-order valence-electron chi connectivity index (χ3n) is 5.54. The normalized spacial score (nSPS) is 13.5. The fourth-order valence-electron chi connectivity index (χ4n) is 3.81. The molecule has 33 heavy (non-hydrogen) atoms. The lowest BCUT2D eigenvalue weighted by atomic mass is 10.1. The first kappa shape index (κ1) is 23.0. The van der Waals surface area contributed by atoms with Crippen LogP contribution in [0.25, 0.3) is 0 Å². The molecular formula is C25H23Cl2N3O3. The van der Waals surface area contributed by atoms with Crippen LogP contribution in [0.3, 0.4) is 0 Å². The molecule has 0 radical (unpaired) electrons. The Labute approximate surface area is 202 Å². The number of hydrogen-bond acceptors (Lipinski definition) is 4. The molecule has 1 saturated heterocycles. The monoisotopic (exact) mass is 483 g/mol. The SMILES string of the molecule is COc1ccc(Cl)cc1C(=O)Nc1ccc(N2CCN(C(=O)c3ccccc3)CC2)c(Cl)c1. The molecule has 1 aliphatic rings. The van der Waals surface area contributed by atoms with Crippen molar-refractivity contribution in [2.24, 2.45) is 0 Å². The number of amides is 2. The summed E-state index contributed by atoms with van der Waals surface area (Å²) in [5.74, 6) is 0.129. The topological polar surface area (TPSA) is 61.9 Å². The van der Waals surface area contributed by atoms with Crippen LogP contribution in [0.2, 0.25) is 10.0 Å². The Balaban J connectivity index is 1.41. The fourth-order valence-corrected chi connectivity index (χ4v) is 4.28. The number of nitrogens with zero attached hydrogens (tertiary/aromatic N) is 2. The van der Waals surface area contributed by atoms with Gasteiger partial charge in [-0.05, 0) is 48.5 Å². The first-order chi connectivity index (χ1) is 16.0. The predicted molar refractivity (Wildman–Crippen MR) is 132 cm³/mol. The number of methoxy groups -OCH3 is 1. The highest BCUT2D eigenvalue weighted by Gasteiger charge is 2.23. The van der Waals surface area contributed by atoms with Crippen LogP contribution >= 0.6 is 23.2 Å². The summed E-state index contributed by atoms with van der Waals surface area (Å²) in [7, 11) is 1.50. The largest absolute Gasteiger partial charge is 0.496 e. The van der Waals surface area contributed by atoms with Crippen molar-refractivity contribution < 1.29 is 14.3 Å². The van der Waals surface area contributed by atoms with E-state index in [9.17, 15) is 9.59 Å². The van der Waals surface area contributed by atoms with Gasteiger partial charge in [0.15, 0.2) is 0 Å². The van der Waals surface area contributed by atoms with Crippen LogP contribution < -0.4 is 15.0 Å². The second kappa shape index (κ2) is 10.1. The smallest absolute Gasteiger partial charge is 0.259 e. The molecule has 1 aliphatic heterocycles. The summed E-state index contributed by atoms with van der Waals surface area (Å²) in [4.78, 5) is 29.4. The van der Waals surface area contributed by atoms with E-state index in [1.807, 2.05) is 41.3 Å². The molecule has 1 N–H and O–H groups in total. The van der Waals surface area contributed by atoms with Crippen molar-refractivity contribution in [2.75, 3.05) is 43.5 Å². The van der Waals surface area contributed by atoms with E-state index in [-0.39, 0.29) is 11.8 Å². The Kier molecular flexibility index (Phi) is 7.06. The van der Waals surface area contributed by atoms with E-state index < -0.39 is 0 Å². The van der Waals surface area contributed by atoms with E-state index in [0.717, 1.165) is 5.69 Å². The molecule has 0 spiro atoms. The van der Waals surface area contributed by atoms with E-state index in [4.69, 9.17) is 27.9 Å². The Morgan fingerprint density at radius 2 is 1.64 bits per heavy atom. The summed E-state index contributed by atoms with van der Waals surface area (Å²) in [6, 6.07) is 19.6. The van der Waals surface area contributed by atoms with Gasteiger partial charge in [0.2, 0.25) is 0 Å². The van der Waals surface area contributed by atoms with E-state index >= 15 is 0 Å². The molecule has 2 amide bonds. The van der Waals surface area contributed by atoms with Gasteiger partial charge in [-0.25, -0.2) is 0 Å². The molecule has 170 valence electrons. The van der Waals surface area contributed by atoms with Crippen LogP contribution in [0.4, 0.5) is 11.4 Å². The number of nitrogens with one attached hydrogen (secondary N) is 1. The highest BCUT2D eigenvalue weighted by Crippen LogP contribution is 2.31. The zero-order valence-electron chi connectivity index (χ0n) is 18.1. The average Bonchev–Trinajstić information content (AvgIpc) is 2.84. The summed E-state index contributed by atoms with van der Waals surface area (Å²) in [5, 5.41) is 3.80. The van der Waals surface area contributed by atoms with Crippen LogP contribution in [0, 0.1) is 0 Å². The molecule has 0 bridgehead atoms. The second-order valence-electron chi connectivity index (χ2n) is 7.61. The number of ether oxygens (including phenoxy) is 1. The first-order valence-corrected chi connectivity index (χ1v) is 11.3. The summed E-state index contributed by atoms with van der Waals surface area (Å²) in [6.45, 7) is 2.56. The zero-order valence-corrected chi connectivity index (χ0v) is 19.6. The predicted octanol–water partition coefficient (Wildman–Crippen LogP) is 5.22. The quantitative estimate of drug-likeness (QED) is 0.540. The Morgan fingerprint density at radius 3 is 2.30 bits per heavy atom. The van der Waals surface area contributed by atoms with Crippen molar-refractivity contribution in [3.63, 3.8) is 0 Å². The number of carbonyl (C=O) groups is 2. The van der Waals surface area contributed by atoms with Crippen LogP contribution in [0.5, 0.6) is 5.75 Å². The van der Waals surface area contributed by atoms with Gasteiger partial charge in [-0.3, -0.25) is 9.59 Å². The molecule has 1 heterocycles. The van der Waals surface area contributed by atoms with Crippen LogP contribution in [0.15, 0.2) is 66.7 Å². The molecule has 0 aromatic heterocycles. The van der Waals surface area contributed by atoms with E-state index in [0.29, 0.717) is 58.8 Å². The fraction of sp³-hybridized carbons (Fsp3) is 0.200. The molecule has 4 rings (SSSR count). The van der Waals surface area contributed by atoms with Gasteiger partial charge in [0.1, 0.15) is 5.75 Å². The Morgan fingerprint density at radius 1 is 0.909 bits per heavy atom. The minimum absolute atomic E-state index is 0.0378. The number of anilines is 2. The summed E-state index contributed by atoms with van der Waals surface area (Å²) in [6.07, 6.45) is 0. The standard InChI is InChI=1S/C25H23Cl2N3O3/c1-33-23-10-7-18(26)15-20(23)24(31)28-19-8-9-22(21(27)16-19)29-11-13-30(14-12-29)25(32)17-5-3-2-4-6-17/h2-10,15-16H,11-14H2,1H3,(H,28,31). The van der Waals surface area contributed by atoms with Gasteiger partial charge in [-0.15, -0.1) is 0 Å². The highest BCUT2D eigenvalue weighted by atomic mass is 35.5. The molecular weight excluding hydrogens is 461 g/mol. The van der Waals surface area contributed by atoms with Gasteiger partial charge in [0, 0.05) is 42.5 Å². The minimum atomic E-state index is -0.341. The molecule has 1 fully saturated rings. The second-order valence-corrected chi connectivity index (χ2v) is 8.45. The Bertz CT molecular complexity index is 1160. The lowest BCUT2D eigenvalue weighted by Crippen LogP contribution is -2.48. The molecule has 8 heteroatoms. The van der Waals surface area contributed by atoms with Crippen molar-refractivity contribution in [3.05, 3.63) is 87.9 Å². The third kappa shape index (κ3) is 5.24. The molecule has 3 aromatic carbocycles. The number of hydrogen-bond donors (Lipinski definition) is 1. The highest BCUT2D eigenvalue weighted by molar-refractivity contribution is 6.33. The van der Waals surface area contributed by atoms with Crippen molar-refractivity contribution >= 4 is 46.4 Å². The van der Waals surface area contributed by atoms with Gasteiger partial charge in [-0.1, -0.05) is 41.4 Å². The number of carbonyl (C=O) groups excluding carboxylic acids is 2. The van der Waals surface area contributed by atoms with Crippen LogP contribution in [-0.4, -0.2) is 50.0 Å². The first-order valence-electron chi connectivity index (χ1n) is 10.5. The lowest BCUT2D eigenvalue weighted by molar-refractivity contribution is 0.0746. The number of piperazine rings is 1. The van der Waals surface area contributed by atoms with Crippen molar-refractivity contribution in [2.45, 2.75) is 0 Å². The number of rotatable bonds is 5. The molecule has 0 aliphatic carbocycles. The van der Waals surface area contributed by atoms with Crippen LogP contribution in [-0.2, 0) is 0 Å². The summed E-state index contributed by atoms with van der Waals surface area (Å²) in [5.41, 5.74) is 2.46. The molecule has 0 saturated carbocycles. The Hall–Kier alpha value is -3.22. The van der Waals surface area contributed by atoms with Gasteiger partial charge < -0.3 is 19.9 Å². The van der Waals surface area contributed by atoms with Gasteiger partial charge in [-0.2, -0.15) is 0 Å². The lowest BCUT2D eigenvalue weighted by Gasteiger charge is -2.36. The number of benzene rings is 3. The van der Waals surface area contributed by atoms with E-state index in [1.165, 1.54) is 7.11 Å². The maximum atomic E-state index is 12.7. The van der Waals surface area contributed by atoms with Gasteiger partial charge >= 0.3 is 0 Å². The maximum absolute atomic E-state index is 12.7. The molecule has 6 nitrogen and oxygen atoms in total. The summed E-state index contributed by atoms with van der Waals surface area (Å²) < 4.78 is 5.25. The zero-order chi connectivity index (χ0) is 23.4. The van der Waals surface area contributed by atoms with Crippen molar-refractivity contribution in [1.82, 2.24) is 4.90 Å². The minimum Gasteiger partial charge on any atom is -0.496 e. The van der Waals surface area contributed by atoms with Crippen molar-refractivity contribution in [3.8, 4) is 5.75 Å². The van der Waals surface area contributed by atoms with Gasteiger partial charge in [0.05, 0.1) is 23.4 Å². The maximum Gasteiger partial charge on any atom is 0.259 e. The summed E-state index contributed by atoms with van der Waals surface area (Å²) >= 11 is 12.6. The van der Waals surface area contributed by atoms with Crippen LogP contribution in [0.1, 0.15) is 20.7 Å². The molecule has 0 unspecified atom stereocenters. The molecule has 3 aromatic rings. The van der Waals surface area contributed by atoms with Gasteiger partial charge in [0.25, 0.3) is 11.8 Å². The number of halogens is 2. The van der Waals surface area contributed by atoms with E-state index in [1.54, 1.807) is 30.3 Å². The third-order valence-corrected chi connectivity index (χ3v) is 6.08. The van der Waals surface area contributed by atoms with Crippen molar-refractivity contribution in [1.29, 1.82) is 0 Å². The van der Waals surface area contributed by atoms with E-state index in [2.05, 4.69) is 10.2 Å². The average molecular weight is 484 g/mol. The molecule has 0 atom stereocenters.